The molecule has 100 valence electrons. The Morgan fingerprint density at radius 3 is 2.61 bits per heavy atom. The molecule has 0 spiro atoms. The highest BCUT2D eigenvalue weighted by atomic mass is 32.2. The van der Waals surface area contributed by atoms with Gasteiger partial charge in [-0.3, -0.25) is 9.00 Å². The second-order valence-corrected chi connectivity index (χ2v) is 7.25. The Morgan fingerprint density at radius 2 is 2.06 bits per heavy atom. The lowest BCUT2D eigenvalue weighted by Crippen LogP contribution is -2.32. The van der Waals surface area contributed by atoms with Crippen molar-refractivity contribution in [1.82, 2.24) is 5.32 Å². The van der Waals surface area contributed by atoms with Crippen LogP contribution < -0.4 is 5.32 Å². The topological polar surface area (TPSA) is 46.2 Å². The van der Waals surface area contributed by atoms with E-state index in [1.807, 2.05) is 20.8 Å². The Bertz CT molecular complexity index is 455. The zero-order valence-electron chi connectivity index (χ0n) is 10.8. The highest BCUT2D eigenvalue weighted by molar-refractivity contribution is 7.86. The molecule has 0 aliphatic rings. The predicted molar refractivity (Wildman–Crippen MR) is 71.5 cm³/mol. The van der Waals surface area contributed by atoms with E-state index >= 15 is 0 Å². The summed E-state index contributed by atoms with van der Waals surface area (Å²) in [6, 6.07) is 5.48. The van der Waals surface area contributed by atoms with Crippen LogP contribution in [0.25, 0.3) is 0 Å². The molecule has 5 heteroatoms. The van der Waals surface area contributed by atoms with Crippen LogP contribution in [0.2, 0.25) is 0 Å². The fourth-order valence-corrected chi connectivity index (χ4v) is 2.20. The molecular weight excluding hydrogens is 253 g/mol. The molecule has 0 saturated carbocycles. The van der Waals surface area contributed by atoms with Crippen LogP contribution in [-0.2, 0) is 10.8 Å². The van der Waals surface area contributed by atoms with Gasteiger partial charge in [-0.05, 0) is 39.0 Å². The van der Waals surface area contributed by atoms with Gasteiger partial charge in [0.2, 0.25) is 0 Å². The second kappa shape index (κ2) is 6.09. The summed E-state index contributed by atoms with van der Waals surface area (Å²) < 4.78 is 24.4. The van der Waals surface area contributed by atoms with Crippen LogP contribution in [0.1, 0.15) is 31.1 Å². The molecule has 1 atom stereocenters. The van der Waals surface area contributed by atoms with Gasteiger partial charge in [-0.2, -0.15) is 0 Å². The summed E-state index contributed by atoms with van der Waals surface area (Å²) in [7, 11) is -1.00. The van der Waals surface area contributed by atoms with Gasteiger partial charge in [0.1, 0.15) is 5.82 Å². The SMILES string of the molecule is CC(C)(C)S(=O)CCNC(=O)c1cccc(F)c1. The molecule has 1 unspecified atom stereocenters. The molecule has 0 aliphatic carbocycles. The van der Waals surface area contributed by atoms with Crippen molar-refractivity contribution in [3.8, 4) is 0 Å². The van der Waals surface area contributed by atoms with Crippen LogP contribution >= 0.6 is 0 Å². The van der Waals surface area contributed by atoms with E-state index in [0.717, 1.165) is 0 Å². The lowest BCUT2D eigenvalue weighted by Gasteiger charge is -2.17. The molecule has 1 aromatic carbocycles. The van der Waals surface area contributed by atoms with Gasteiger partial charge in [0.25, 0.3) is 5.91 Å². The lowest BCUT2D eigenvalue weighted by atomic mass is 10.2. The Balaban J connectivity index is 2.46. The van der Waals surface area contributed by atoms with Crippen molar-refractivity contribution in [1.29, 1.82) is 0 Å². The van der Waals surface area contributed by atoms with E-state index < -0.39 is 16.6 Å². The maximum Gasteiger partial charge on any atom is 0.251 e. The summed E-state index contributed by atoms with van der Waals surface area (Å²) in [6.07, 6.45) is 0. The number of rotatable bonds is 4. The van der Waals surface area contributed by atoms with Gasteiger partial charge in [0, 0.05) is 33.4 Å². The predicted octanol–water partition coefficient (Wildman–Crippen LogP) is 2.10. The van der Waals surface area contributed by atoms with Gasteiger partial charge in [-0.1, -0.05) is 6.07 Å². The number of hydrogen-bond acceptors (Lipinski definition) is 2. The number of halogens is 1. The summed E-state index contributed by atoms with van der Waals surface area (Å²) >= 11 is 0. The third-order valence-electron chi connectivity index (χ3n) is 2.34. The van der Waals surface area contributed by atoms with Crippen LogP contribution in [0.15, 0.2) is 24.3 Å². The summed E-state index contributed by atoms with van der Waals surface area (Å²) in [6.45, 7) is 5.98. The Kier molecular flexibility index (Phi) is 5.02. The van der Waals surface area contributed by atoms with Gasteiger partial charge >= 0.3 is 0 Å². The average Bonchev–Trinajstić information content (AvgIpc) is 2.27. The van der Waals surface area contributed by atoms with Crippen molar-refractivity contribution in [2.75, 3.05) is 12.3 Å². The van der Waals surface area contributed by atoms with Gasteiger partial charge in [-0.15, -0.1) is 0 Å². The van der Waals surface area contributed by atoms with E-state index in [9.17, 15) is 13.4 Å². The van der Waals surface area contributed by atoms with E-state index in [0.29, 0.717) is 12.3 Å². The number of benzene rings is 1. The van der Waals surface area contributed by atoms with Crippen LogP contribution in [0.4, 0.5) is 4.39 Å². The normalized spacial score (nSPS) is 13.1. The summed E-state index contributed by atoms with van der Waals surface area (Å²) in [5.41, 5.74) is 0.275. The molecule has 18 heavy (non-hydrogen) atoms. The lowest BCUT2D eigenvalue weighted by molar-refractivity contribution is 0.0955. The molecule has 3 nitrogen and oxygen atoms in total. The zero-order chi connectivity index (χ0) is 13.8. The first-order valence-corrected chi connectivity index (χ1v) is 7.05. The fraction of sp³-hybridized carbons (Fsp3) is 0.462. The van der Waals surface area contributed by atoms with Crippen LogP contribution in [0, 0.1) is 5.82 Å². The third kappa shape index (κ3) is 4.56. The van der Waals surface area contributed by atoms with Crippen LogP contribution in [0.3, 0.4) is 0 Å². The van der Waals surface area contributed by atoms with E-state index in [-0.39, 0.29) is 16.2 Å². The molecule has 0 heterocycles. The molecule has 1 N–H and O–H groups in total. The first kappa shape index (κ1) is 14.8. The zero-order valence-corrected chi connectivity index (χ0v) is 11.6. The molecule has 1 aromatic rings. The minimum atomic E-state index is -1.00. The van der Waals surface area contributed by atoms with Crippen LogP contribution in [-0.4, -0.2) is 27.2 Å². The number of nitrogens with one attached hydrogen (secondary N) is 1. The Morgan fingerprint density at radius 1 is 1.39 bits per heavy atom. The van der Waals surface area contributed by atoms with Gasteiger partial charge in [0.15, 0.2) is 0 Å². The summed E-state index contributed by atoms with van der Waals surface area (Å²) in [5, 5.41) is 2.63. The third-order valence-corrected chi connectivity index (χ3v) is 4.28. The van der Waals surface area contributed by atoms with Crippen molar-refractivity contribution in [2.24, 2.45) is 0 Å². The summed E-state index contributed by atoms with van der Waals surface area (Å²) in [5.74, 6) is -0.397. The van der Waals surface area contributed by atoms with Gasteiger partial charge in [0.05, 0.1) is 0 Å². The molecule has 1 amide bonds. The maximum atomic E-state index is 12.9. The van der Waals surface area contributed by atoms with E-state index in [1.54, 1.807) is 6.07 Å². The molecule has 0 saturated heterocycles. The maximum absolute atomic E-state index is 12.9. The second-order valence-electron chi connectivity index (χ2n) is 4.93. The smallest absolute Gasteiger partial charge is 0.251 e. The first-order valence-electron chi connectivity index (χ1n) is 5.73. The highest BCUT2D eigenvalue weighted by Crippen LogP contribution is 2.10. The van der Waals surface area contributed by atoms with E-state index in [2.05, 4.69) is 5.32 Å². The van der Waals surface area contributed by atoms with Crippen molar-refractivity contribution < 1.29 is 13.4 Å². The van der Waals surface area contributed by atoms with Crippen molar-refractivity contribution in [3.63, 3.8) is 0 Å². The fourth-order valence-electron chi connectivity index (χ4n) is 1.30. The quantitative estimate of drug-likeness (QED) is 0.911. The van der Waals surface area contributed by atoms with Crippen molar-refractivity contribution in [2.45, 2.75) is 25.5 Å². The standard InChI is InChI=1S/C13H18FNO2S/c1-13(2,3)18(17)8-7-15-12(16)10-5-4-6-11(14)9-10/h4-6,9H,7-8H2,1-3H3,(H,15,16). The number of amides is 1. The highest BCUT2D eigenvalue weighted by Gasteiger charge is 2.19. The first-order chi connectivity index (χ1) is 8.30. The Labute approximate surface area is 109 Å². The monoisotopic (exact) mass is 271 g/mol. The Hall–Kier alpha value is -1.23. The minimum absolute atomic E-state index is 0.275. The minimum Gasteiger partial charge on any atom is -0.351 e. The molecular formula is C13H18FNO2S. The molecule has 0 fully saturated rings. The van der Waals surface area contributed by atoms with Crippen molar-refractivity contribution >= 4 is 16.7 Å². The van der Waals surface area contributed by atoms with E-state index in [1.165, 1.54) is 18.2 Å². The molecule has 0 aliphatic heterocycles. The van der Waals surface area contributed by atoms with E-state index in [4.69, 9.17) is 0 Å². The van der Waals surface area contributed by atoms with Gasteiger partial charge in [-0.25, -0.2) is 4.39 Å². The molecule has 0 aromatic heterocycles. The van der Waals surface area contributed by atoms with Gasteiger partial charge < -0.3 is 5.32 Å². The largest absolute Gasteiger partial charge is 0.351 e. The molecule has 1 rings (SSSR count). The number of hydrogen-bond donors (Lipinski definition) is 1. The number of carbonyl (C=O) groups excluding carboxylic acids is 1. The van der Waals surface area contributed by atoms with Crippen LogP contribution in [0.5, 0.6) is 0 Å². The van der Waals surface area contributed by atoms with Crippen molar-refractivity contribution in [3.05, 3.63) is 35.6 Å². The molecule has 0 bridgehead atoms. The number of carbonyl (C=O) groups is 1. The molecule has 0 radical (unpaired) electrons. The average molecular weight is 271 g/mol. The summed E-state index contributed by atoms with van der Waals surface area (Å²) in [4.78, 5) is 11.7.